The Labute approximate surface area is 204 Å². The lowest BCUT2D eigenvalue weighted by atomic mass is 10.0. The van der Waals surface area contributed by atoms with Gasteiger partial charge in [0, 0.05) is 39.8 Å². The van der Waals surface area contributed by atoms with Gasteiger partial charge in [0.15, 0.2) is 11.2 Å². The molecule has 3 heterocycles. The minimum Gasteiger partial charge on any atom is -0.340 e. The number of H-pyrrole nitrogens is 1. The molecule has 8 nitrogen and oxygen atoms in total. The van der Waals surface area contributed by atoms with Crippen molar-refractivity contribution in [2.75, 3.05) is 31.1 Å². The lowest BCUT2D eigenvalue weighted by Gasteiger charge is -2.28. The van der Waals surface area contributed by atoms with E-state index in [2.05, 4.69) is 22.1 Å². The molecule has 2 aromatic rings. The van der Waals surface area contributed by atoms with E-state index in [0.717, 1.165) is 51.5 Å². The molecule has 0 bridgehead atoms. The fourth-order valence-electron chi connectivity index (χ4n) is 5.01. The number of imidazole rings is 1. The molecule has 0 unspecified atom stereocenters. The summed E-state index contributed by atoms with van der Waals surface area (Å²) in [7, 11) is 1.67. The molecule has 2 aromatic heterocycles. The van der Waals surface area contributed by atoms with Crippen LogP contribution >= 0.6 is 0 Å². The van der Waals surface area contributed by atoms with Gasteiger partial charge in [-0.1, -0.05) is 90.4 Å². The molecule has 0 radical (unpaired) electrons. The molecule has 0 amide bonds. The van der Waals surface area contributed by atoms with Crippen LogP contribution in [0.25, 0.3) is 11.2 Å². The molecule has 2 N–H and O–H groups in total. The van der Waals surface area contributed by atoms with Crippen molar-refractivity contribution >= 4 is 17.1 Å². The van der Waals surface area contributed by atoms with Crippen molar-refractivity contribution in [3.8, 4) is 0 Å². The Balaban J connectivity index is 1.43. The average Bonchev–Trinajstić information content (AvgIpc) is 3.23. The quantitative estimate of drug-likeness (QED) is 0.354. The summed E-state index contributed by atoms with van der Waals surface area (Å²) in [6.45, 7) is 6.54. The number of hydrogen-bond donors (Lipinski definition) is 2. The molecular formula is C26H46N6O2. The van der Waals surface area contributed by atoms with Crippen LogP contribution in [0.1, 0.15) is 96.8 Å². The molecule has 1 saturated heterocycles. The van der Waals surface area contributed by atoms with Crippen molar-refractivity contribution in [1.82, 2.24) is 24.4 Å². The van der Waals surface area contributed by atoms with E-state index in [9.17, 15) is 9.59 Å². The van der Waals surface area contributed by atoms with Gasteiger partial charge in [-0.25, -0.2) is 4.79 Å². The minimum absolute atomic E-state index is 0.336. The van der Waals surface area contributed by atoms with Crippen molar-refractivity contribution in [3.05, 3.63) is 20.8 Å². The molecule has 0 aliphatic carbocycles. The molecule has 0 spiro atoms. The van der Waals surface area contributed by atoms with Crippen LogP contribution in [0.2, 0.25) is 0 Å². The predicted octanol–water partition coefficient (Wildman–Crippen LogP) is 4.31. The monoisotopic (exact) mass is 474 g/mol. The third kappa shape index (κ3) is 7.45. The van der Waals surface area contributed by atoms with E-state index >= 15 is 0 Å². The Morgan fingerprint density at radius 1 is 0.794 bits per heavy atom. The molecule has 192 valence electrons. The fraction of sp³-hybridized carbons (Fsp3) is 0.808. The number of aryl methyl sites for hydroxylation is 2. The summed E-state index contributed by atoms with van der Waals surface area (Å²) >= 11 is 0. The molecule has 1 aliphatic heterocycles. The van der Waals surface area contributed by atoms with Gasteiger partial charge in [0.05, 0.1) is 0 Å². The van der Waals surface area contributed by atoms with Gasteiger partial charge in [-0.15, -0.1) is 0 Å². The second-order valence-corrected chi connectivity index (χ2v) is 9.89. The highest BCUT2D eigenvalue weighted by Gasteiger charge is 2.22. The standard InChI is InChI=1S/C26H46N6O2/c1-3-4-5-6-7-8-9-10-11-12-13-14-15-16-19-32-22-23(30(2)26(34)29-24(22)33)28-25(32)31-20-17-27-18-21-31/h27H,3-21H2,1-2H3,(H,29,33,34). The summed E-state index contributed by atoms with van der Waals surface area (Å²) in [6.07, 6.45) is 18.5. The number of piperazine rings is 1. The largest absolute Gasteiger partial charge is 0.340 e. The molecule has 0 aromatic carbocycles. The van der Waals surface area contributed by atoms with E-state index in [0.29, 0.717) is 11.2 Å². The molecule has 1 aliphatic rings. The molecule has 0 saturated carbocycles. The molecular weight excluding hydrogens is 428 g/mol. The lowest BCUT2D eigenvalue weighted by Crippen LogP contribution is -2.44. The Hall–Kier alpha value is -2.09. The lowest BCUT2D eigenvalue weighted by molar-refractivity contribution is 0.521. The first-order valence-electron chi connectivity index (χ1n) is 13.8. The molecule has 0 atom stereocenters. The second kappa shape index (κ2) is 14.3. The van der Waals surface area contributed by atoms with Gasteiger partial charge >= 0.3 is 5.69 Å². The number of aromatic nitrogens is 4. The number of aromatic amines is 1. The van der Waals surface area contributed by atoms with Crippen molar-refractivity contribution in [2.24, 2.45) is 7.05 Å². The van der Waals surface area contributed by atoms with E-state index in [1.165, 1.54) is 81.6 Å². The Morgan fingerprint density at radius 3 is 1.88 bits per heavy atom. The molecule has 3 rings (SSSR count). The van der Waals surface area contributed by atoms with Crippen LogP contribution in [-0.4, -0.2) is 45.3 Å². The van der Waals surface area contributed by atoms with Gasteiger partial charge < -0.3 is 14.8 Å². The van der Waals surface area contributed by atoms with Crippen LogP contribution in [0, 0.1) is 0 Å². The average molecular weight is 475 g/mol. The Kier molecular flexibility index (Phi) is 11.2. The van der Waals surface area contributed by atoms with E-state index in [-0.39, 0.29) is 5.56 Å². The number of anilines is 1. The molecule has 8 heteroatoms. The summed E-state index contributed by atoms with van der Waals surface area (Å²) < 4.78 is 3.49. The Bertz CT molecular complexity index is 970. The van der Waals surface area contributed by atoms with Crippen LogP contribution in [0.4, 0.5) is 5.95 Å². The third-order valence-corrected chi connectivity index (χ3v) is 7.12. The van der Waals surface area contributed by atoms with Crippen LogP contribution in [-0.2, 0) is 13.6 Å². The van der Waals surface area contributed by atoms with Gasteiger partial charge in [0.2, 0.25) is 5.95 Å². The van der Waals surface area contributed by atoms with Crippen LogP contribution in [0.5, 0.6) is 0 Å². The van der Waals surface area contributed by atoms with Gasteiger partial charge in [-0.2, -0.15) is 4.98 Å². The summed E-state index contributed by atoms with van der Waals surface area (Å²) in [4.78, 5) is 34.2. The van der Waals surface area contributed by atoms with Gasteiger partial charge in [-0.3, -0.25) is 14.3 Å². The number of nitrogens with zero attached hydrogens (tertiary/aromatic N) is 4. The third-order valence-electron chi connectivity index (χ3n) is 7.12. The number of rotatable bonds is 16. The maximum atomic E-state index is 12.7. The SMILES string of the molecule is CCCCCCCCCCCCCCCCn1c(N2CCNCC2)nc2c1c(=O)[nH]c(=O)n2C. The van der Waals surface area contributed by atoms with Crippen LogP contribution in [0.3, 0.4) is 0 Å². The highest BCUT2D eigenvalue weighted by molar-refractivity contribution is 5.74. The minimum atomic E-state index is -0.412. The number of unbranched alkanes of at least 4 members (excludes halogenated alkanes) is 13. The normalized spacial score (nSPS) is 14.4. The zero-order chi connectivity index (χ0) is 24.2. The Morgan fingerprint density at radius 2 is 1.32 bits per heavy atom. The second-order valence-electron chi connectivity index (χ2n) is 9.89. The van der Waals surface area contributed by atoms with E-state index in [4.69, 9.17) is 4.98 Å². The first kappa shape index (κ1) is 26.5. The fourth-order valence-corrected chi connectivity index (χ4v) is 5.01. The van der Waals surface area contributed by atoms with Crippen molar-refractivity contribution in [1.29, 1.82) is 0 Å². The van der Waals surface area contributed by atoms with Gasteiger partial charge in [-0.05, 0) is 6.42 Å². The summed E-state index contributed by atoms with van der Waals surface area (Å²) in [6, 6.07) is 0. The zero-order valence-electron chi connectivity index (χ0n) is 21.5. The van der Waals surface area contributed by atoms with Gasteiger partial charge in [0.25, 0.3) is 5.56 Å². The summed E-state index contributed by atoms with van der Waals surface area (Å²) in [5.74, 6) is 0.817. The predicted molar refractivity (Wildman–Crippen MR) is 141 cm³/mol. The summed E-state index contributed by atoms with van der Waals surface area (Å²) in [5.41, 5.74) is 0.251. The summed E-state index contributed by atoms with van der Waals surface area (Å²) in [5, 5.41) is 3.37. The number of hydrogen-bond acceptors (Lipinski definition) is 5. The first-order valence-corrected chi connectivity index (χ1v) is 13.8. The maximum Gasteiger partial charge on any atom is 0.329 e. The van der Waals surface area contributed by atoms with Gasteiger partial charge in [0.1, 0.15) is 0 Å². The maximum absolute atomic E-state index is 12.7. The number of fused-ring (bicyclic) bond motifs is 1. The van der Waals surface area contributed by atoms with E-state index < -0.39 is 5.69 Å². The van der Waals surface area contributed by atoms with Crippen molar-refractivity contribution in [3.63, 3.8) is 0 Å². The first-order chi connectivity index (χ1) is 16.6. The van der Waals surface area contributed by atoms with Crippen LogP contribution < -0.4 is 21.5 Å². The zero-order valence-corrected chi connectivity index (χ0v) is 21.5. The van der Waals surface area contributed by atoms with Crippen LogP contribution in [0.15, 0.2) is 9.59 Å². The van der Waals surface area contributed by atoms with Crippen molar-refractivity contribution < 1.29 is 0 Å². The number of nitrogens with one attached hydrogen (secondary N) is 2. The highest BCUT2D eigenvalue weighted by atomic mass is 16.2. The molecule has 34 heavy (non-hydrogen) atoms. The molecule has 1 fully saturated rings. The van der Waals surface area contributed by atoms with E-state index in [1.54, 1.807) is 7.05 Å². The topological polar surface area (TPSA) is 88.0 Å². The smallest absolute Gasteiger partial charge is 0.329 e. The highest BCUT2D eigenvalue weighted by Crippen LogP contribution is 2.21. The van der Waals surface area contributed by atoms with E-state index in [1.807, 2.05) is 4.57 Å². The van der Waals surface area contributed by atoms with Crippen molar-refractivity contribution in [2.45, 2.75) is 103 Å².